The van der Waals surface area contributed by atoms with Crippen LogP contribution >= 0.6 is 50.9 Å². The number of carbonyl (C=O) groups is 2. The Morgan fingerprint density at radius 2 is 1.81 bits per heavy atom. The monoisotopic (exact) mass is 553 g/mol. The molecule has 2 aliphatic rings. The molecule has 8 heteroatoms. The number of thioether (sulfide) groups is 1. The summed E-state index contributed by atoms with van der Waals surface area (Å²) < 4.78 is 6.55. The van der Waals surface area contributed by atoms with Gasteiger partial charge < -0.3 is 4.74 Å². The van der Waals surface area contributed by atoms with E-state index in [-0.39, 0.29) is 11.1 Å². The Morgan fingerprint density at radius 1 is 1.09 bits per heavy atom. The van der Waals surface area contributed by atoms with Crippen LogP contribution in [-0.2, 0) is 11.4 Å². The molecule has 32 heavy (non-hydrogen) atoms. The van der Waals surface area contributed by atoms with Crippen LogP contribution in [0.2, 0.25) is 10.0 Å². The van der Waals surface area contributed by atoms with Gasteiger partial charge in [-0.1, -0.05) is 54.6 Å². The summed E-state index contributed by atoms with van der Waals surface area (Å²) in [5.41, 5.74) is 1.69. The van der Waals surface area contributed by atoms with Crippen LogP contribution in [0.1, 0.15) is 43.2 Å². The summed E-state index contributed by atoms with van der Waals surface area (Å²) in [5, 5.41) is 0.890. The van der Waals surface area contributed by atoms with Crippen molar-refractivity contribution >= 4 is 68.1 Å². The maximum absolute atomic E-state index is 12.9. The van der Waals surface area contributed by atoms with Gasteiger partial charge in [0, 0.05) is 11.6 Å². The van der Waals surface area contributed by atoms with Crippen LogP contribution in [-0.4, -0.2) is 22.6 Å². The predicted molar refractivity (Wildman–Crippen MR) is 134 cm³/mol. The molecule has 1 heterocycles. The summed E-state index contributed by atoms with van der Waals surface area (Å²) in [6, 6.07) is 11.0. The second-order valence-corrected chi connectivity index (χ2v) is 10.7. The van der Waals surface area contributed by atoms with Gasteiger partial charge in [-0.15, -0.1) is 0 Å². The van der Waals surface area contributed by atoms with Gasteiger partial charge in [-0.2, -0.15) is 0 Å². The van der Waals surface area contributed by atoms with Crippen LogP contribution < -0.4 is 4.74 Å². The molecular formula is C24H22BrCl2NO3S. The number of benzene rings is 2. The third kappa shape index (κ3) is 5.71. The van der Waals surface area contributed by atoms with E-state index >= 15 is 0 Å². The van der Waals surface area contributed by atoms with Crippen molar-refractivity contribution in [2.24, 2.45) is 5.92 Å². The van der Waals surface area contributed by atoms with Gasteiger partial charge in [0.15, 0.2) is 5.75 Å². The topological polar surface area (TPSA) is 46.6 Å². The molecule has 2 fully saturated rings. The number of hydrogen-bond acceptors (Lipinski definition) is 4. The maximum atomic E-state index is 12.9. The fraction of sp³-hybridized carbons (Fsp3) is 0.333. The Kier molecular flexibility index (Phi) is 7.87. The van der Waals surface area contributed by atoms with E-state index in [1.807, 2.05) is 18.2 Å². The summed E-state index contributed by atoms with van der Waals surface area (Å²) in [6.07, 6.45) is 7.48. The van der Waals surface area contributed by atoms with Crippen LogP contribution in [0.25, 0.3) is 6.08 Å². The van der Waals surface area contributed by atoms with Crippen molar-refractivity contribution in [2.75, 3.05) is 6.54 Å². The molecular weight excluding hydrogens is 533 g/mol. The summed E-state index contributed by atoms with van der Waals surface area (Å²) in [4.78, 5) is 27.1. The Balaban J connectivity index is 1.45. The van der Waals surface area contributed by atoms with E-state index in [4.69, 9.17) is 27.9 Å². The minimum atomic E-state index is -0.221. The number of amides is 2. The van der Waals surface area contributed by atoms with Crippen molar-refractivity contribution < 1.29 is 14.3 Å². The lowest BCUT2D eigenvalue weighted by atomic mass is 9.89. The van der Waals surface area contributed by atoms with Gasteiger partial charge in [0.2, 0.25) is 0 Å². The van der Waals surface area contributed by atoms with E-state index in [2.05, 4.69) is 15.9 Å². The van der Waals surface area contributed by atoms with Gasteiger partial charge in [-0.25, -0.2) is 0 Å². The van der Waals surface area contributed by atoms with E-state index in [0.717, 1.165) is 35.7 Å². The number of hydrogen-bond donors (Lipinski definition) is 0. The number of imide groups is 1. The first-order chi connectivity index (χ1) is 15.4. The van der Waals surface area contributed by atoms with Gasteiger partial charge in [0.25, 0.3) is 11.1 Å². The summed E-state index contributed by atoms with van der Waals surface area (Å²) in [5.74, 6) is 0.710. The number of carbonyl (C=O) groups excluding carboxylic acids is 2. The minimum Gasteiger partial charge on any atom is -0.486 e. The van der Waals surface area contributed by atoms with E-state index in [0.29, 0.717) is 44.2 Å². The Hall–Kier alpha value is -1.47. The molecule has 168 valence electrons. The molecule has 1 aliphatic carbocycles. The highest BCUT2D eigenvalue weighted by molar-refractivity contribution is 9.10. The lowest BCUT2D eigenvalue weighted by molar-refractivity contribution is -0.123. The van der Waals surface area contributed by atoms with Crippen LogP contribution in [0.3, 0.4) is 0 Å². The Morgan fingerprint density at radius 3 is 2.50 bits per heavy atom. The van der Waals surface area contributed by atoms with Gasteiger partial charge in [-0.3, -0.25) is 14.5 Å². The highest BCUT2D eigenvalue weighted by atomic mass is 79.9. The van der Waals surface area contributed by atoms with E-state index in [1.54, 1.807) is 24.3 Å². The number of rotatable bonds is 6. The third-order valence-electron chi connectivity index (χ3n) is 5.65. The summed E-state index contributed by atoms with van der Waals surface area (Å²) >= 11 is 16.9. The van der Waals surface area contributed by atoms with Crippen molar-refractivity contribution in [1.29, 1.82) is 0 Å². The second kappa shape index (κ2) is 10.6. The molecule has 0 radical (unpaired) electrons. The highest BCUT2D eigenvalue weighted by Gasteiger charge is 2.36. The van der Waals surface area contributed by atoms with Crippen LogP contribution in [0.4, 0.5) is 4.79 Å². The summed E-state index contributed by atoms with van der Waals surface area (Å²) in [7, 11) is 0. The molecule has 0 aromatic heterocycles. The first-order valence-electron chi connectivity index (χ1n) is 10.5. The standard InChI is InChI=1S/C24H22BrCl2NO3S/c25-19-10-17(11-20(27)22(19)31-14-16-6-8-18(26)9-7-16)12-21-23(29)28(24(30)32-21)13-15-4-2-1-3-5-15/h6-12,15H,1-5,13-14H2/b21-12+. The lowest BCUT2D eigenvalue weighted by Crippen LogP contribution is -2.34. The molecule has 4 nitrogen and oxygen atoms in total. The molecule has 0 atom stereocenters. The largest absolute Gasteiger partial charge is 0.486 e. The number of ether oxygens (including phenoxy) is 1. The molecule has 0 bridgehead atoms. The average molecular weight is 555 g/mol. The third-order valence-corrected chi connectivity index (χ3v) is 7.68. The first kappa shape index (κ1) is 23.7. The zero-order valence-electron chi connectivity index (χ0n) is 17.3. The lowest BCUT2D eigenvalue weighted by Gasteiger charge is -2.25. The van der Waals surface area contributed by atoms with Crippen molar-refractivity contribution in [2.45, 2.75) is 38.7 Å². The van der Waals surface area contributed by atoms with Crippen molar-refractivity contribution in [3.05, 3.63) is 66.9 Å². The molecule has 2 aromatic rings. The SMILES string of the molecule is O=C1S/C(=C/c2cc(Cl)c(OCc3ccc(Cl)cc3)c(Br)c2)C(=O)N1CC1CCCCC1. The second-order valence-electron chi connectivity index (χ2n) is 8.03. The molecule has 0 N–H and O–H groups in total. The molecule has 2 amide bonds. The zero-order chi connectivity index (χ0) is 22.7. The minimum absolute atomic E-state index is 0.195. The van der Waals surface area contributed by atoms with Crippen LogP contribution in [0.15, 0.2) is 45.8 Å². The molecule has 1 saturated heterocycles. The normalized spacial score (nSPS) is 18.6. The van der Waals surface area contributed by atoms with E-state index < -0.39 is 0 Å². The molecule has 0 unspecified atom stereocenters. The first-order valence-corrected chi connectivity index (χ1v) is 12.9. The van der Waals surface area contributed by atoms with Gasteiger partial charge >= 0.3 is 0 Å². The van der Waals surface area contributed by atoms with Crippen LogP contribution in [0.5, 0.6) is 5.75 Å². The molecule has 1 saturated carbocycles. The van der Waals surface area contributed by atoms with Gasteiger partial charge in [0.05, 0.1) is 14.4 Å². The van der Waals surface area contributed by atoms with E-state index in [9.17, 15) is 9.59 Å². The smallest absolute Gasteiger partial charge is 0.293 e. The Bertz CT molecular complexity index is 1030. The molecule has 4 rings (SSSR count). The molecule has 1 aliphatic heterocycles. The van der Waals surface area contributed by atoms with Crippen LogP contribution in [0, 0.1) is 5.92 Å². The maximum Gasteiger partial charge on any atom is 0.293 e. The van der Waals surface area contributed by atoms with Gasteiger partial charge in [0.1, 0.15) is 6.61 Å². The average Bonchev–Trinajstić information content (AvgIpc) is 3.02. The van der Waals surface area contributed by atoms with Crippen molar-refractivity contribution in [1.82, 2.24) is 4.90 Å². The summed E-state index contributed by atoms with van der Waals surface area (Å²) in [6.45, 7) is 0.860. The van der Waals surface area contributed by atoms with Crippen molar-refractivity contribution in [3.63, 3.8) is 0 Å². The highest BCUT2D eigenvalue weighted by Crippen LogP contribution is 2.38. The predicted octanol–water partition coefficient (Wildman–Crippen LogP) is 7.95. The number of halogens is 3. The fourth-order valence-corrected chi connectivity index (χ4v) is 5.94. The van der Waals surface area contributed by atoms with E-state index in [1.165, 1.54) is 24.2 Å². The quantitative estimate of drug-likeness (QED) is 0.340. The molecule has 2 aromatic carbocycles. The van der Waals surface area contributed by atoms with Crippen molar-refractivity contribution in [3.8, 4) is 5.75 Å². The fourth-order valence-electron chi connectivity index (χ4n) is 3.97. The Labute approximate surface area is 210 Å². The van der Waals surface area contributed by atoms with Gasteiger partial charge in [-0.05, 0) is 87.9 Å². The zero-order valence-corrected chi connectivity index (χ0v) is 21.2. The number of nitrogens with zero attached hydrogens (tertiary/aromatic N) is 1. The molecule has 0 spiro atoms.